The molecular weight excluding hydrogens is 406 g/mol. The molecule has 0 N–H and O–H groups in total. The van der Waals surface area contributed by atoms with Gasteiger partial charge in [-0.25, -0.2) is 9.97 Å². The predicted molar refractivity (Wildman–Crippen MR) is 122 cm³/mol. The number of hydrogen-bond donors (Lipinski definition) is 0. The molecule has 1 aromatic carbocycles. The van der Waals surface area contributed by atoms with Crippen LogP contribution in [0.4, 0.5) is 5.82 Å². The lowest BCUT2D eigenvalue weighted by atomic mass is 10.1. The SMILES string of the molecule is Cc1ncnc(N2CCN(C(=O)c3ccc(OCC(=O)N4CCCCC4)cc3)CC2)c1C. The molecule has 1 aromatic heterocycles. The number of ether oxygens (including phenoxy) is 1. The van der Waals surface area contributed by atoms with E-state index in [1.165, 1.54) is 6.42 Å². The number of carbonyl (C=O) groups excluding carboxylic acids is 2. The number of nitrogens with zero attached hydrogens (tertiary/aromatic N) is 5. The molecule has 0 aliphatic carbocycles. The molecule has 2 fully saturated rings. The van der Waals surface area contributed by atoms with Crippen molar-refractivity contribution >= 4 is 17.6 Å². The molecule has 0 spiro atoms. The standard InChI is InChI=1S/C24H31N5O3/c1-18-19(2)25-17-26-23(18)28-12-14-29(15-13-28)24(31)20-6-8-21(9-7-20)32-16-22(30)27-10-4-3-5-11-27/h6-9,17H,3-5,10-16H2,1-2H3. The smallest absolute Gasteiger partial charge is 0.260 e. The van der Waals surface area contributed by atoms with Crippen molar-refractivity contribution in [3.8, 4) is 5.75 Å². The van der Waals surface area contributed by atoms with Gasteiger partial charge in [0.05, 0.1) is 0 Å². The molecule has 4 rings (SSSR count). The summed E-state index contributed by atoms with van der Waals surface area (Å²) in [5, 5.41) is 0. The normalized spacial score (nSPS) is 16.8. The minimum Gasteiger partial charge on any atom is -0.484 e. The predicted octanol–water partition coefficient (Wildman–Crippen LogP) is 2.45. The Labute approximate surface area is 189 Å². The zero-order valence-electron chi connectivity index (χ0n) is 18.9. The molecule has 0 saturated carbocycles. The number of benzene rings is 1. The summed E-state index contributed by atoms with van der Waals surface area (Å²) >= 11 is 0. The molecule has 2 aliphatic heterocycles. The first-order valence-electron chi connectivity index (χ1n) is 11.4. The maximum absolute atomic E-state index is 12.9. The Hall–Kier alpha value is -3.16. The van der Waals surface area contributed by atoms with E-state index in [0.717, 1.165) is 56.1 Å². The highest BCUT2D eigenvalue weighted by Crippen LogP contribution is 2.21. The average Bonchev–Trinajstić information content (AvgIpc) is 2.85. The van der Waals surface area contributed by atoms with Crippen LogP contribution in [0.2, 0.25) is 0 Å². The Balaban J connectivity index is 1.28. The number of likely N-dealkylation sites (tertiary alicyclic amines) is 1. The third-order valence-corrected chi connectivity index (χ3v) is 6.35. The number of anilines is 1. The van der Waals surface area contributed by atoms with Gasteiger partial charge in [-0.1, -0.05) is 0 Å². The van der Waals surface area contributed by atoms with Crippen LogP contribution in [0.25, 0.3) is 0 Å². The highest BCUT2D eigenvalue weighted by Gasteiger charge is 2.24. The summed E-state index contributed by atoms with van der Waals surface area (Å²) in [4.78, 5) is 39.8. The summed E-state index contributed by atoms with van der Waals surface area (Å²) in [5.41, 5.74) is 2.69. The van der Waals surface area contributed by atoms with Gasteiger partial charge in [-0.3, -0.25) is 9.59 Å². The third kappa shape index (κ3) is 5.00. The van der Waals surface area contributed by atoms with Crippen LogP contribution >= 0.6 is 0 Å². The summed E-state index contributed by atoms with van der Waals surface area (Å²) in [6.45, 7) is 8.46. The number of carbonyl (C=O) groups is 2. The minimum absolute atomic E-state index is 0.0104. The molecule has 8 heteroatoms. The van der Waals surface area contributed by atoms with Crippen molar-refractivity contribution in [3.05, 3.63) is 47.4 Å². The first-order chi connectivity index (χ1) is 15.5. The number of aryl methyl sites for hydroxylation is 1. The molecule has 0 atom stereocenters. The van der Waals surface area contributed by atoms with E-state index in [1.807, 2.05) is 23.6 Å². The van der Waals surface area contributed by atoms with Gasteiger partial charge in [0.2, 0.25) is 0 Å². The summed E-state index contributed by atoms with van der Waals surface area (Å²) in [7, 11) is 0. The Bertz CT molecular complexity index is 949. The van der Waals surface area contributed by atoms with Crippen molar-refractivity contribution in [2.75, 3.05) is 50.8 Å². The zero-order chi connectivity index (χ0) is 22.5. The van der Waals surface area contributed by atoms with Crippen molar-refractivity contribution in [3.63, 3.8) is 0 Å². The lowest BCUT2D eigenvalue weighted by Crippen LogP contribution is -2.49. The van der Waals surface area contributed by atoms with Gasteiger partial charge in [0.25, 0.3) is 11.8 Å². The van der Waals surface area contributed by atoms with Crippen LogP contribution in [0.1, 0.15) is 40.9 Å². The van der Waals surface area contributed by atoms with Gasteiger partial charge < -0.3 is 19.4 Å². The fraction of sp³-hybridized carbons (Fsp3) is 0.500. The Morgan fingerprint density at radius 3 is 2.25 bits per heavy atom. The van der Waals surface area contributed by atoms with Crippen LogP contribution in [0.3, 0.4) is 0 Å². The lowest BCUT2D eigenvalue weighted by Gasteiger charge is -2.36. The van der Waals surface area contributed by atoms with Crippen LogP contribution in [0, 0.1) is 13.8 Å². The largest absolute Gasteiger partial charge is 0.484 e. The average molecular weight is 438 g/mol. The van der Waals surface area contributed by atoms with Gasteiger partial charge in [0, 0.05) is 56.1 Å². The molecule has 2 saturated heterocycles. The van der Waals surface area contributed by atoms with Crippen molar-refractivity contribution in [2.45, 2.75) is 33.1 Å². The van der Waals surface area contributed by atoms with Crippen LogP contribution in [-0.2, 0) is 4.79 Å². The summed E-state index contributed by atoms with van der Waals surface area (Å²) in [5.74, 6) is 1.59. The van der Waals surface area contributed by atoms with Gasteiger partial charge in [-0.2, -0.15) is 0 Å². The summed E-state index contributed by atoms with van der Waals surface area (Å²) in [6, 6.07) is 7.07. The van der Waals surface area contributed by atoms with Crippen LogP contribution in [0.5, 0.6) is 5.75 Å². The molecule has 170 valence electrons. The number of hydrogen-bond acceptors (Lipinski definition) is 6. The first kappa shape index (κ1) is 22.0. The molecule has 0 radical (unpaired) electrons. The van der Waals surface area contributed by atoms with E-state index in [-0.39, 0.29) is 18.4 Å². The zero-order valence-corrected chi connectivity index (χ0v) is 18.9. The van der Waals surface area contributed by atoms with E-state index >= 15 is 0 Å². The Morgan fingerprint density at radius 1 is 0.875 bits per heavy atom. The summed E-state index contributed by atoms with van der Waals surface area (Å²) < 4.78 is 5.65. The van der Waals surface area contributed by atoms with Crippen LogP contribution in [-0.4, -0.2) is 77.5 Å². The number of piperazine rings is 1. The van der Waals surface area contributed by atoms with E-state index in [9.17, 15) is 9.59 Å². The Kier molecular flexibility index (Phi) is 6.87. The second-order valence-electron chi connectivity index (χ2n) is 8.44. The van der Waals surface area contributed by atoms with E-state index in [0.29, 0.717) is 24.4 Å². The van der Waals surface area contributed by atoms with Crippen molar-refractivity contribution in [1.82, 2.24) is 19.8 Å². The molecular formula is C24H31N5O3. The summed E-state index contributed by atoms with van der Waals surface area (Å²) in [6.07, 6.45) is 4.91. The monoisotopic (exact) mass is 437 g/mol. The number of amides is 2. The molecule has 2 aromatic rings. The molecule has 8 nitrogen and oxygen atoms in total. The van der Waals surface area contributed by atoms with Crippen molar-refractivity contribution in [1.29, 1.82) is 0 Å². The van der Waals surface area contributed by atoms with Crippen molar-refractivity contribution < 1.29 is 14.3 Å². The quantitative estimate of drug-likeness (QED) is 0.715. The molecule has 2 amide bonds. The second-order valence-corrected chi connectivity index (χ2v) is 8.44. The first-order valence-corrected chi connectivity index (χ1v) is 11.4. The fourth-order valence-electron chi connectivity index (χ4n) is 4.22. The number of aromatic nitrogens is 2. The van der Waals surface area contributed by atoms with Gasteiger partial charge in [-0.15, -0.1) is 0 Å². The van der Waals surface area contributed by atoms with Gasteiger partial charge in [0.15, 0.2) is 6.61 Å². The molecule has 0 bridgehead atoms. The van der Waals surface area contributed by atoms with E-state index in [4.69, 9.17) is 4.74 Å². The topological polar surface area (TPSA) is 78.9 Å². The maximum atomic E-state index is 12.9. The van der Waals surface area contributed by atoms with E-state index in [2.05, 4.69) is 14.9 Å². The minimum atomic E-state index is 0.0104. The fourth-order valence-corrected chi connectivity index (χ4v) is 4.22. The lowest BCUT2D eigenvalue weighted by molar-refractivity contribution is -0.134. The number of rotatable bonds is 5. The van der Waals surface area contributed by atoms with Crippen LogP contribution in [0.15, 0.2) is 30.6 Å². The molecule has 3 heterocycles. The van der Waals surface area contributed by atoms with E-state index in [1.54, 1.807) is 30.6 Å². The molecule has 2 aliphatic rings. The van der Waals surface area contributed by atoms with Gasteiger partial charge in [-0.05, 0) is 57.4 Å². The maximum Gasteiger partial charge on any atom is 0.260 e. The number of piperidine rings is 1. The van der Waals surface area contributed by atoms with Crippen molar-refractivity contribution in [2.24, 2.45) is 0 Å². The van der Waals surface area contributed by atoms with E-state index < -0.39 is 0 Å². The van der Waals surface area contributed by atoms with Crippen LogP contribution < -0.4 is 9.64 Å². The van der Waals surface area contributed by atoms with Gasteiger partial charge >= 0.3 is 0 Å². The Morgan fingerprint density at radius 2 is 1.56 bits per heavy atom. The second kappa shape index (κ2) is 9.97. The molecule has 0 unspecified atom stereocenters. The third-order valence-electron chi connectivity index (χ3n) is 6.35. The highest BCUT2D eigenvalue weighted by molar-refractivity contribution is 5.94. The highest BCUT2D eigenvalue weighted by atomic mass is 16.5. The van der Waals surface area contributed by atoms with Gasteiger partial charge in [0.1, 0.15) is 17.9 Å². The molecule has 32 heavy (non-hydrogen) atoms.